The zero-order valence-corrected chi connectivity index (χ0v) is 14.9. The number of hydrogen-bond acceptors (Lipinski definition) is 3. The Hall–Kier alpha value is -1.12. The fraction of sp³-hybridized carbons (Fsp3) is 0.789. The standard InChI is InChI=1S/C19H30O3/c1-12-8-7-9-13(2)18(12,5)10-11-19(6)15(4)22-17(21)16(19)14(3)20/h8,13,15-16H,7,9-11H2,1-6H3/t13-,15-,16?,18-,19-/m1/s1. The summed E-state index contributed by atoms with van der Waals surface area (Å²) in [5.74, 6) is -0.373. The summed E-state index contributed by atoms with van der Waals surface area (Å²) in [6.07, 6.45) is 6.37. The molecule has 0 aromatic heterocycles. The molecule has 0 amide bonds. The molecule has 0 radical (unpaired) electrons. The molecule has 0 bridgehead atoms. The Bertz CT molecular complexity index is 507. The van der Waals surface area contributed by atoms with Gasteiger partial charge >= 0.3 is 5.97 Å². The molecular formula is C19H30O3. The third-order valence-electron chi connectivity index (χ3n) is 6.75. The predicted molar refractivity (Wildman–Crippen MR) is 87.3 cm³/mol. The van der Waals surface area contributed by atoms with Crippen LogP contribution in [0.25, 0.3) is 0 Å². The van der Waals surface area contributed by atoms with Gasteiger partial charge in [0, 0.05) is 5.41 Å². The van der Waals surface area contributed by atoms with Crippen LogP contribution in [0.5, 0.6) is 0 Å². The second-order valence-electron chi connectivity index (χ2n) is 7.91. The number of ketones is 1. The SMILES string of the molecule is CC(=O)C1C(=O)O[C@H](C)[C@@]1(C)CC[C@]1(C)C(C)=CCC[C@H]1C. The summed E-state index contributed by atoms with van der Waals surface area (Å²) in [7, 11) is 0. The Morgan fingerprint density at radius 3 is 2.50 bits per heavy atom. The Morgan fingerprint density at radius 1 is 1.32 bits per heavy atom. The maximum Gasteiger partial charge on any atom is 0.317 e. The van der Waals surface area contributed by atoms with Crippen molar-refractivity contribution in [1.82, 2.24) is 0 Å². The predicted octanol–water partition coefficient (Wildman–Crippen LogP) is 4.31. The first-order valence-corrected chi connectivity index (χ1v) is 8.51. The van der Waals surface area contributed by atoms with Crippen molar-refractivity contribution >= 4 is 11.8 Å². The highest BCUT2D eigenvalue weighted by atomic mass is 16.6. The van der Waals surface area contributed by atoms with Crippen LogP contribution < -0.4 is 0 Å². The lowest BCUT2D eigenvalue weighted by atomic mass is 9.61. The highest BCUT2D eigenvalue weighted by Gasteiger charge is 2.54. The number of carbonyl (C=O) groups excluding carboxylic acids is 2. The van der Waals surface area contributed by atoms with E-state index in [1.165, 1.54) is 18.9 Å². The average molecular weight is 306 g/mol. The van der Waals surface area contributed by atoms with E-state index >= 15 is 0 Å². The van der Waals surface area contributed by atoms with E-state index in [1.54, 1.807) is 0 Å². The van der Waals surface area contributed by atoms with Crippen LogP contribution in [0.2, 0.25) is 0 Å². The van der Waals surface area contributed by atoms with E-state index in [0.29, 0.717) is 5.92 Å². The van der Waals surface area contributed by atoms with Crippen LogP contribution in [0, 0.1) is 22.7 Å². The Morgan fingerprint density at radius 2 is 1.95 bits per heavy atom. The number of hydrogen-bond donors (Lipinski definition) is 0. The number of Topliss-reactive ketones (excluding diaryl/α,β-unsaturated/α-hetero) is 1. The van der Waals surface area contributed by atoms with Gasteiger partial charge in [-0.2, -0.15) is 0 Å². The van der Waals surface area contributed by atoms with E-state index < -0.39 is 5.92 Å². The molecule has 1 aliphatic heterocycles. The van der Waals surface area contributed by atoms with E-state index in [4.69, 9.17) is 4.74 Å². The molecule has 1 unspecified atom stereocenters. The van der Waals surface area contributed by atoms with Gasteiger partial charge in [-0.1, -0.05) is 32.4 Å². The van der Waals surface area contributed by atoms with Crippen molar-refractivity contribution in [2.75, 3.05) is 0 Å². The van der Waals surface area contributed by atoms with Gasteiger partial charge in [-0.3, -0.25) is 9.59 Å². The molecule has 0 aromatic rings. The van der Waals surface area contributed by atoms with Crippen molar-refractivity contribution in [2.24, 2.45) is 22.7 Å². The van der Waals surface area contributed by atoms with Crippen molar-refractivity contribution < 1.29 is 14.3 Å². The highest BCUT2D eigenvalue weighted by Crippen LogP contribution is 2.51. The van der Waals surface area contributed by atoms with E-state index in [0.717, 1.165) is 19.3 Å². The molecule has 1 saturated heterocycles. The van der Waals surface area contributed by atoms with E-state index in [1.807, 2.05) is 13.8 Å². The summed E-state index contributed by atoms with van der Waals surface area (Å²) >= 11 is 0. The first kappa shape index (κ1) is 17.2. The third kappa shape index (κ3) is 2.63. The Labute approximate surface area is 134 Å². The van der Waals surface area contributed by atoms with Gasteiger partial charge in [0.05, 0.1) is 0 Å². The third-order valence-corrected chi connectivity index (χ3v) is 6.75. The fourth-order valence-corrected chi connectivity index (χ4v) is 4.32. The molecule has 0 spiro atoms. The summed E-state index contributed by atoms with van der Waals surface area (Å²) in [6, 6.07) is 0. The topological polar surface area (TPSA) is 43.4 Å². The van der Waals surface area contributed by atoms with Gasteiger partial charge in [-0.05, 0) is 57.8 Å². The number of carbonyl (C=O) groups is 2. The normalized spacial score (nSPS) is 42.0. The lowest BCUT2D eigenvalue weighted by molar-refractivity contribution is -0.146. The first-order chi connectivity index (χ1) is 10.1. The van der Waals surface area contributed by atoms with E-state index in [9.17, 15) is 9.59 Å². The summed E-state index contributed by atoms with van der Waals surface area (Å²) in [5, 5.41) is 0. The smallest absolute Gasteiger partial charge is 0.317 e. The molecule has 124 valence electrons. The molecule has 2 rings (SSSR count). The minimum atomic E-state index is -0.603. The summed E-state index contributed by atoms with van der Waals surface area (Å²) in [5.41, 5.74) is 1.23. The van der Waals surface area contributed by atoms with E-state index in [2.05, 4.69) is 26.8 Å². The van der Waals surface area contributed by atoms with Gasteiger partial charge in [-0.15, -0.1) is 0 Å². The second-order valence-corrected chi connectivity index (χ2v) is 7.91. The molecule has 1 heterocycles. The van der Waals surface area contributed by atoms with Gasteiger partial charge in [0.1, 0.15) is 17.8 Å². The number of rotatable bonds is 4. The fourth-order valence-electron chi connectivity index (χ4n) is 4.32. The Balaban J connectivity index is 2.22. The van der Waals surface area contributed by atoms with Crippen LogP contribution in [0.4, 0.5) is 0 Å². The van der Waals surface area contributed by atoms with Crippen molar-refractivity contribution in [2.45, 2.75) is 73.3 Å². The zero-order valence-electron chi connectivity index (χ0n) is 14.9. The number of ether oxygens (including phenoxy) is 1. The maximum atomic E-state index is 12.0. The first-order valence-electron chi connectivity index (χ1n) is 8.51. The number of cyclic esters (lactones) is 1. The van der Waals surface area contributed by atoms with Gasteiger partial charge in [0.2, 0.25) is 0 Å². The van der Waals surface area contributed by atoms with Gasteiger partial charge in [0.25, 0.3) is 0 Å². The van der Waals surface area contributed by atoms with Gasteiger partial charge < -0.3 is 4.74 Å². The van der Waals surface area contributed by atoms with Crippen LogP contribution in [0.15, 0.2) is 11.6 Å². The summed E-state index contributed by atoms with van der Waals surface area (Å²) in [6.45, 7) is 12.4. The monoisotopic (exact) mass is 306 g/mol. The van der Waals surface area contributed by atoms with Crippen LogP contribution in [-0.4, -0.2) is 17.9 Å². The van der Waals surface area contributed by atoms with Crippen molar-refractivity contribution in [3.05, 3.63) is 11.6 Å². The van der Waals surface area contributed by atoms with Crippen LogP contribution in [-0.2, 0) is 14.3 Å². The van der Waals surface area contributed by atoms with Crippen molar-refractivity contribution in [1.29, 1.82) is 0 Å². The number of allylic oxidation sites excluding steroid dienone is 2. The molecule has 1 fully saturated rings. The van der Waals surface area contributed by atoms with Crippen molar-refractivity contribution in [3.63, 3.8) is 0 Å². The minimum absolute atomic E-state index is 0.0639. The molecular weight excluding hydrogens is 276 g/mol. The minimum Gasteiger partial charge on any atom is -0.461 e. The highest BCUT2D eigenvalue weighted by molar-refractivity contribution is 6.00. The van der Waals surface area contributed by atoms with E-state index in [-0.39, 0.29) is 28.7 Å². The lowest BCUT2D eigenvalue weighted by Crippen LogP contribution is -2.39. The van der Waals surface area contributed by atoms with Gasteiger partial charge in [-0.25, -0.2) is 0 Å². The molecule has 2 aliphatic rings. The zero-order chi connectivity index (χ0) is 16.7. The molecule has 0 saturated carbocycles. The number of esters is 1. The second kappa shape index (κ2) is 5.82. The molecule has 3 nitrogen and oxygen atoms in total. The Kier molecular flexibility index (Phi) is 4.56. The summed E-state index contributed by atoms with van der Waals surface area (Å²) < 4.78 is 5.40. The largest absolute Gasteiger partial charge is 0.461 e. The molecule has 1 aliphatic carbocycles. The average Bonchev–Trinajstić information content (AvgIpc) is 2.64. The maximum absolute atomic E-state index is 12.0. The molecule has 0 N–H and O–H groups in total. The van der Waals surface area contributed by atoms with Gasteiger partial charge in [0.15, 0.2) is 0 Å². The molecule has 0 aromatic carbocycles. The van der Waals surface area contributed by atoms with Crippen LogP contribution >= 0.6 is 0 Å². The summed E-state index contributed by atoms with van der Waals surface area (Å²) in [4.78, 5) is 24.0. The quantitative estimate of drug-likeness (QED) is 0.442. The van der Waals surface area contributed by atoms with Crippen LogP contribution in [0.1, 0.15) is 67.2 Å². The molecule has 3 heteroatoms. The van der Waals surface area contributed by atoms with Crippen molar-refractivity contribution in [3.8, 4) is 0 Å². The molecule has 5 atom stereocenters. The lowest BCUT2D eigenvalue weighted by Gasteiger charge is -2.43. The molecule has 22 heavy (non-hydrogen) atoms. The van der Waals surface area contributed by atoms with Crippen LogP contribution in [0.3, 0.4) is 0 Å².